The Morgan fingerprint density at radius 3 is 2.49 bits per heavy atom. The van der Waals surface area contributed by atoms with Crippen molar-refractivity contribution >= 4 is 5.78 Å². The number of carbonyl (C=O) groups is 1. The Labute approximate surface area is 221 Å². The van der Waals surface area contributed by atoms with Crippen molar-refractivity contribution in [2.24, 2.45) is 17.3 Å². The SMILES string of the molecule is C#CC.Cc1ccccc1Oc1ccc([C@H]2CC3(C)C(O)CCC3C3CCC4=CC(=O)CCC4=C32)cc1. The van der Waals surface area contributed by atoms with E-state index in [2.05, 4.69) is 56.5 Å². The number of fused-ring (bicyclic) bond motifs is 4. The summed E-state index contributed by atoms with van der Waals surface area (Å²) in [6, 6.07) is 16.7. The number of benzene rings is 2. The number of carbonyl (C=O) groups excluding carboxylic acids is 1. The monoisotopic (exact) mass is 494 g/mol. The molecule has 0 amide bonds. The van der Waals surface area contributed by atoms with Gasteiger partial charge in [0.15, 0.2) is 5.78 Å². The molecule has 2 aromatic rings. The van der Waals surface area contributed by atoms with Gasteiger partial charge in [-0.05, 0) is 116 Å². The van der Waals surface area contributed by atoms with Gasteiger partial charge < -0.3 is 9.84 Å². The maximum absolute atomic E-state index is 12.2. The molecule has 6 rings (SSSR count). The molecule has 0 radical (unpaired) electrons. The average molecular weight is 495 g/mol. The molecule has 4 aliphatic carbocycles. The summed E-state index contributed by atoms with van der Waals surface area (Å²) in [7, 11) is 0. The number of hydrogen-bond acceptors (Lipinski definition) is 3. The molecule has 0 saturated heterocycles. The third kappa shape index (κ3) is 4.69. The summed E-state index contributed by atoms with van der Waals surface area (Å²) in [4.78, 5) is 12.2. The summed E-state index contributed by atoms with van der Waals surface area (Å²) < 4.78 is 6.16. The fraction of sp³-hybridized carbons (Fsp3) is 0.441. The third-order valence-electron chi connectivity index (χ3n) is 9.29. The Morgan fingerprint density at radius 2 is 1.76 bits per heavy atom. The Hall–Kier alpha value is -3.09. The second kappa shape index (κ2) is 10.3. The Morgan fingerprint density at radius 1 is 1.03 bits per heavy atom. The molecule has 1 N–H and O–H groups in total. The maximum Gasteiger partial charge on any atom is 0.156 e. The van der Waals surface area contributed by atoms with E-state index in [1.54, 1.807) is 12.5 Å². The lowest BCUT2D eigenvalue weighted by molar-refractivity contribution is -0.114. The van der Waals surface area contributed by atoms with E-state index in [9.17, 15) is 9.90 Å². The first-order valence-corrected chi connectivity index (χ1v) is 13.7. The summed E-state index contributed by atoms with van der Waals surface area (Å²) >= 11 is 0. The zero-order valence-corrected chi connectivity index (χ0v) is 22.3. The highest BCUT2D eigenvalue weighted by Gasteiger charge is 2.56. The van der Waals surface area contributed by atoms with Crippen LogP contribution < -0.4 is 4.74 Å². The van der Waals surface area contributed by atoms with Crippen LogP contribution in [0.4, 0.5) is 0 Å². The fourth-order valence-corrected chi connectivity index (χ4v) is 7.50. The second-order valence-corrected chi connectivity index (χ2v) is 11.4. The van der Waals surface area contributed by atoms with Gasteiger partial charge in [-0.1, -0.05) is 42.8 Å². The van der Waals surface area contributed by atoms with Gasteiger partial charge in [-0.2, -0.15) is 0 Å². The predicted molar refractivity (Wildman–Crippen MR) is 148 cm³/mol. The molecule has 0 heterocycles. The van der Waals surface area contributed by atoms with Gasteiger partial charge in [-0.25, -0.2) is 0 Å². The van der Waals surface area contributed by atoms with Crippen molar-refractivity contribution in [2.45, 2.75) is 77.7 Å². The first-order valence-electron chi connectivity index (χ1n) is 13.7. The van der Waals surface area contributed by atoms with Crippen molar-refractivity contribution < 1.29 is 14.6 Å². The van der Waals surface area contributed by atoms with E-state index in [1.165, 1.54) is 16.7 Å². The van der Waals surface area contributed by atoms with Crippen LogP contribution in [0.5, 0.6) is 11.5 Å². The topological polar surface area (TPSA) is 46.5 Å². The number of aryl methyl sites for hydroxylation is 1. The highest BCUT2D eigenvalue weighted by atomic mass is 16.5. The highest BCUT2D eigenvalue weighted by molar-refractivity contribution is 5.93. The zero-order valence-electron chi connectivity index (χ0n) is 22.3. The normalized spacial score (nSPS) is 30.1. The smallest absolute Gasteiger partial charge is 0.156 e. The lowest BCUT2D eigenvalue weighted by Crippen LogP contribution is -2.45. The van der Waals surface area contributed by atoms with E-state index < -0.39 is 0 Å². The van der Waals surface area contributed by atoms with Crippen molar-refractivity contribution in [3.63, 3.8) is 0 Å². The van der Waals surface area contributed by atoms with Crippen molar-refractivity contribution in [3.05, 3.63) is 82.5 Å². The zero-order chi connectivity index (χ0) is 26.2. The number of aliphatic hydroxyl groups excluding tert-OH is 1. The van der Waals surface area contributed by atoms with Gasteiger partial charge in [0, 0.05) is 12.3 Å². The van der Waals surface area contributed by atoms with Gasteiger partial charge in [-0.3, -0.25) is 4.79 Å². The summed E-state index contributed by atoms with van der Waals surface area (Å²) in [5.74, 6) is 5.62. The molecule has 192 valence electrons. The van der Waals surface area contributed by atoms with E-state index in [0.29, 0.717) is 24.2 Å². The van der Waals surface area contributed by atoms with Crippen LogP contribution in [0.25, 0.3) is 0 Å². The first kappa shape index (κ1) is 25.6. The molecule has 4 unspecified atom stereocenters. The molecule has 2 saturated carbocycles. The van der Waals surface area contributed by atoms with Crippen LogP contribution in [0.15, 0.2) is 71.3 Å². The maximum atomic E-state index is 12.2. The third-order valence-corrected chi connectivity index (χ3v) is 9.29. The van der Waals surface area contributed by atoms with Gasteiger partial charge in [0.25, 0.3) is 0 Å². The molecule has 2 fully saturated rings. The molecule has 5 atom stereocenters. The minimum absolute atomic E-state index is 0.0403. The van der Waals surface area contributed by atoms with Crippen LogP contribution in [0.2, 0.25) is 0 Å². The highest BCUT2D eigenvalue weighted by Crippen LogP contribution is 2.63. The Kier molecular flexibility index (Phi) is 7.15. The Bertz CT molecular complexity index is 1270. The Balaban J connectivity index is 0.000000892. The number of hydrogen-bond donors (Lipinski definition) is 1. The summed E-state index contributed by atoms with van der Waals surface area (Å²) in [5.41, 5.74) is 6.71. The van der Waals surface area contributed by atoms with Crippen LogP contribution in [-0.4, -0.2) is 17.0 Å². The van der Waals surface area contributed by atoms with E-state index in [4.69, 9.17) is 4.74 Å². The largest absolute Gasteiger partial charge is 0.457 e. The molecule has 0 aliphatic heterocycles. The second-order valence-electron chi connectivity index (χ2n) is 11.4. The molecule has 3 nitrogen and oxygen atoms in total. The van der Waals surface area contributed by atoms with Gasteiger partial charge in [0.2, 0.25) is 0 Å². The summed E-state index contributed by atoms with van der Waals surface area (Å²) in [6.07, 6.45) is 12.9. The summed E-state index contributed by atoms with van der Waals surface area (Å²) in [5, 5.41) is 11.0. The number of ketones is 1. The lowest BCUT2D eigenvalue weighted by atomic mass is 9.53. The van der Waals surface area contributed by atoms with Crippen molar-refractivity contribution in [3.8, 4) is 23.8 Å². The fourth-order valence-electron chi connectivity index (χ4n) is 7.50. The summed E-state index contributed by atoms with van der Waals surface area (Å²) in [6.45, 7) is 6.04. The predicted octanol–water partition coefficient (Wildman–Crippen LogP) is 7.69. The number of rotatable bonds is 3. The first-order chi connectivity index (χ1) is 17.9. The minimum Gasteiger partial charge on any atom is -0.457 e. The van der Waals surface area contributed by atoms with E-state index >= 15 is 0 Å². The standard InChI is InChI=1S/C31H34O3.C3H4/c1-19-5-3-4-6-28(19)34-23-11-7-20(8-12-23)26-18-31(2)27(15-16-29(31)33)25-13-9-21-17-22(32)10-14-24(21)30(25)26;1-3-2/h3-8,11-12,17,25-27,29,33H,9-10,13-16,18H2,1-2H3;1H,2H3/t25?,26-,27?,29?,31?;/m1./s1. The van der Waals surface area contributed by atoms with E-state index in [-0.39, 0.29) is 17.3 Å². The van der Waals surface area contributed by atoms with Crippen LogP contribution in [-0.2, 0) is 4.79 Å². The van der Waals surface area contributed by atoms with Gasteiger partial charge >= 0.3 is 0 Å². The van der Waals surface area contributed by atoms with Crippen molar-refractivity contribution in [1.29, 1.82) is 0 Å². The van der Waals surface area contributed by atoms with Crippen molar-refractivity contribution in [1.82, 2.24) is 0 Å². The van der Waals surface area contributed by atoms with Gasteiger partial charge in [0.1, 0.15) is 11.5 Å². The molecule has 0 spiro atoms. The lowest BCUT2D eigenvalue weighted by Gasteiger charge is -2.52. The van der Waals surface area contributed by atoms with E-state index in [0.717, 1.165) is 55.6 Å². The molecule has 2 aromatic carbocycles. The average Bonchev–Trinajstić information content (AvgIpc) is 3.19. The number of aliphatic hydroxyl groups is 1. The molecular formula is C34H38O3. The minimum atomic E-state index is -0.222. The van der Waals surface area contributed by atoms with Crippen LogP contribution in [0, 0.1) is 36.5 Å². The quantitative estimate of drug-likeness (QED) is 0.445. The van der Waals surface area contributed by atoms with Gasteiger partial charge in [-0.15, -0.1) is 12.3 Å². The number of allylic oxidation sites excluding steroid dienone is 4. The number of terminal acetylenes is 1. The molecule has 0 bridgehead atoms. The van der Waals surface area contributed by atoms with E-state index in [1.807, 2.05) is 24.3 Å². The molecule has 0 aromatic heterocycles. The van der Waals surface area contributed by atoms with Crippen LogP contribution >= 0.6 is 0 Å². The molecule has 4 aliphatic rings. The molecule has 3 heteroatoms. The molecule has 37 heavy (non-hydrogen) atoms. The molecular weight excluding hydrogens is 456 g/mol. The number of ether oxygens (including phenoxy) is 1. The van der Waals surface area contributed by atoms with Crippen LogP contribution in [0.1, 0.15) is 75.8 Å². The van der Waals surface area contributed by atoms with Gasteiger partial charge in [0.05, 0.1) is 6.10 Å². The number of para-hydroxylation sites is 1. The van der Waals surface area contributed by atoms with Crippen LogP contribution in [0.3, 0.4) is 0 Å². The van der Waals surface area contributed by atoms with Crippen molar-refractivity contribution in [2.75, 3.05) is 0 Å².